The summed E-state index contributed by atoms with van der Waals surface area (Å²) in [4.78, 5) is 11.9. The Morgan fingerprint density at radius 2 is 2.09 bits per heavy atom. The Bertz CT molecular complexity index is 663. The number of piperidine rings is 1. The highest BCUT2D eigenvalue weighted by Crippen LogP contribution is 2.28. The van der Waals surface area contributed by atoms with Crippen LogP contribution in [0, 0.1) is 6.92 Å². The summed E-state index contributed by atoms with van der Waals surface area (Å²) < 4.78 is 32.1. The van der Waals surface area contributed by atoms with Crippen molar-refractivity contribution in [2.45, 2.75) is 37.1 Å². The van der Waals surface area contributed by atoms with Gasteiger partial charge in [0.2, 0.25) is 10.0 Å². The van der Waals surface area contributed by atoms with E-state index in [4.69, 9.17) is 10.5 Å². The molecule has 1 aromatic rings. The van der Waals surface area contributed by atoms with Crippen LogP contribution in [0.4, 0.5) is 0 Å². The van der Waals surface area contributed by atoms with Crippen molar-refractivity contribution in [1.29, 1.82) is 0 Å². The van der Waals surface area contributed by atoms with E-state index in [9.17, 15) is 13.2 Å². The molecule has 130 valence electrons. The van der Waals surface area contributed by atoms with Crippen molar-refractivity contribution in [3.63, 3.8) is 0 Å². The lowest BCUT2D eigenvalue weighted by atomic mass is 10.1. The molecule has 1 heterocycles. The molecule has 1 unspecified atom stereocenters. The van der Waals surface area contributed by atoms with Crippen LogP contribution in [0.15, 0.2) is 23.1 Å². The van der Waals surface area contributed by atoms with Crippen LogP contribution in [0.1, 0.15) is 35.2 Å². The third-order valence-corrected chi connectivity index (χ3v) is 6.22. The Kier molecular flexibility index (Phi) is 7.01. The van der Waals surface area contributed by atoms with E-state index in [1.54, 1.807) is 19.1 Å². The molecule has 1 atom stereocenters. The largest absolute Gasteiger partial charge is 0.465 e. The molecule has 0 amide bonds. The molecule has 1 fully saturated rings. The SMILES string of the molecule is COC(=O)c1cccc(S(=O)(=O)N2CCCCC2CN)c1C.Cl. The van der Waals surface area contributed by atoms with E-state index in [1.807, 2.05) is 0 Å². The Morgan fingerprint density at radius 1 is 1.39 bits per heavy atom. The molecule has 23 heavy (non-hydrogen) atoms. The van der Waals surface area contributed by atoms with Crippen LogP contribution >= 0.6 is 12.4 Å². The highest BCUT2D eigenvalue weighted by Gasteiger charge is 2.34. The average molecular weight is 363 g/mol. The van der Waals surface area contributed by atoms with Gasteiger partial charge in [-0.15, -0.1) is 12.4 Å². The van der Waals surface area contributed by atoms with Crippen molar-refractivity contribution in [3.8, 4) is 0 Å². The van der Waals surface area contributed by atoms with Gasteiger partial charge in [0.05, 0.1) is 17.6 Å². The van der Waals surface area contributed by atoms with E-state index in [0.717, 1.165) is 19.3 Å². The van der Waals surface area contributed by atoms with Gasteiger partial charge in [0.25, 0.3) is 0 Å². The third-order valence-electron chi connectivity index (χ3n) is 4.12. The van der Waals surface area contributed by atoms with E-state index < -0.39 is 16.0 Å². The van der Waals surface area contributed by atoms with Gasteiger partial charge >= 0.3 is 5.97 Å². The zero-order valence-corrected chi connectivity index (χ0v) is 15.0. The summed E-state index contributed by atoms with van der Waals surface area (Å²) in [5.74, 6) is -0.538. The number of hydrogen-bond donors (Lipinski definition) is 1. The Labute approximate surface area is 143 Å². The monoisotopic (exact) mass is 362 g/mol. The summed E-state index contributed by atoms with van der Waals surface area (Å²) in [5.41, 5.74) is 6.41. The Hall–Kier alpha value is -1.15. The first-order chi connectivity index (χ1) is 10.4. The number of methoxy groups -OCH3 is 1. The van der Waals surface area contributed by atoms with E-state index in [0.29, 0.717) is 18.7 Å². The van der Waals surface area contributed by atoms with Crippen LogP contribution in [0.5, 0.6) is 0 Å². The number of nitrogens with zero attached hydrogens (tertiary/aromatic N) is 1. The van der Waals surface area contributed by atoms with Gasteiger partial charge in [-0.3, -0.25) is 0 Å². The number of benzene rings is 1. The standard InChI is InChI=1S/C15H22N2O4S.ClH/c1-11-13(15(18)21-2)7-5-8-14(11)22(19,20)17-9-4-3-6-12(17)10-16;/h5,7-8,12H,3-4,6,9-10,16H2,1-2H3;1H. The minimum Gasteiger partial charge on any atom is -0.465 e. The third kappa shape index (κ3) is 3.85. The second-order valence-electron chi connectivity index (χ2n) is 5.42. The average Bonchev–Trinajstić information content (AvgIpc) is 2.54. The van der Waals surface area contributed by atoms with E-state index in [1.165, 1.54) is 17.5 Å². The first-order valence-corrected chi connectivity index (χ1v) is 8.77. The molecule has 0 saturated carbocycles. The Morgan fingerprint density at radius 3 is 2.70 bits per heavy atom. The number of carbonyl (C=O) groups excluding carboxylic acids is 1. The van der Waals surface area contributed by atoms with Crippen LogP contribution in [0.3, 0.4) is 0 Å². The predicted molar refractivity (Wildman–Crippen MR) is 90.4 cm³/mol. The molecular weight excluding hydrogens is 340 g/mol. The molecular formula is C15H23ClN2O4S. The molecule has 1 saturated heterocycles. The summed E-state index contributed by atoms with van der Waals surface area (Å²) in [6.07, 6.45) is 2.58. The maximum atomic E-state index is 13.0. The van der Waals surface area contributed by atoms with Crippen molar-refractivity contribution < 1.29 is 17.9 Å². The number of halogens is 1. The van der Waals surface area contributed by atoms with Crippen molar-refractivity contribution in [2.24, 2.45) is 5.73 Å². The molecule has 0 spiro atoms. The van der Waals surface area contributed by atoms with Crippen molar-refractivity contribution in [1.82, 2.24) is 4.31 Å². The number of sulfonamides is 1. The van der Waals surface area contributed by atoms with E-state index in [-0.39, 0.29) is 28.9 Å². The highest BCUT2D eigenvalue weighted by atomic mass is 35.5. The summed E-state index contributed by atoms with van der Waals surface area (Å²) in [6.45, 7) is 2.39. The molecule has 1 aliphatic heterocycles. The summed E-state index contributed by atoms with van der Waals surface area (Å²) in [5, 5.41) is 0. The highest BCUT2D eigenvalue weighted by molar-refractivity contribution is 7.89. The number of hydrogen-bond acceptors (Lipinski definition) is 5. The molecule has 1 aromatic carbocycles. The van der Waals surface area contributed by atoms with Crippen molar-refractivity contribution in [3.05, 3.63) is 29.3 Å². The molecule has 0 aromatic heterocycles. The van der Waals surface area contributed by atoms with Crippen LogP contribution in [0.2, 0.25) is 0 Å². The van der Waals surface area contributed by atoms with Gasteiger partial charge in [-0.1, -0.05) is 12.5 Å². The molecule has 8 heteroatoms. The number of carbonyl (C=O) groups is 1. The number of rotatable bonds is 4. The van der Waals surface area contributed by atoms with Crippen LogP contribution in [0.25, 0.3) is 0 Å². The second kappa shape index (κ2) is 8.10. The topological polar surface area (TPSA) is 89.7 Å². The molecule has 2 N–H and O–H groups in total. The molecule has 0 radical (unpaired) electrons. The summed E-state index contributed by atoms with van der Waals surface area (Å²) >= 11 is 0. The van der Waals surface area contributed by atoms with Crippen molar-refractivity contribution >= 4 is 28.4 Å². The number of nitrogens with two attached hydrogens (primary N) is 1. The second-order valence-corrected chi connectivity index (χ2v) is 7.28. The first-order valence-electron chi connectivity index (χ1n) is 7.33. The zero-order valence-electron chi connectivity index (χ0n) is 13.3. The minimum absolute atomic E-state index is 0. The lowest BCUT2D eigenvalue weighted by Crippen LogP contribution is -2.47. The van der Waals surface area contributed by atoms with Gasteiger partial charge in [-0.05, 0) is 37.5 Å². The lowest BCUT2D eigenvalue weighted by Gasteiger charge is -2.34. The molecule has 1 aliphatic rings. The zero-order chi connectivity index (χ0) is 16.3. The maximum absolute atomic E-state index is 13.0. The fraction of sp³-hybridized carbons (Fsp3) is 0.533. The molecule has 0 aliphatic carbocycles. The fourth-order valence-electron chi connectivity index (χ4n) is 2.88. The number of esters is 1. The van der Waals surface area contributed by atoms with Gasteiger partial charge in [0, 0.05) is 19.1 Å². The van der Waals surface area contributed by atoms with Crippen LogP contribution in [-0.2, 0) is 14.8 Å². The predicted octanol–water partition coefficient (Wildman–Crippen LogP) is 1.71. The van der Waals surface area contributed by atoms with Crippen molar-refractivity contribution in [2.75, 3.05) is 20.2 Å². The number of ether oxygens (including phenoxy) is 1. The van der Waals surface area contributed by atoms with Crippen LogP contribution in [-0.4, -0.2) is 44.9 Å². The Balaban J connectivity index is 0.00000264. The first kappa shape index (κ1) is 19.9. The maximum Gasteiger partial charge on any atom is 0.338 e. The van der Waals surface area contributed by atoms with Gasteiger partial charge < -0.3 is 10.5 Å². The normalized spacial score (nSPS) is 19.0. The lowest BCUT2D eigenvalue weighted by molar-refractivity contribution is 0.0599. The minimum atomic E-state index is -3.67. The molecule has 2 rings (SSSR count). The smallest absolute Gasteiger partial charge is 0.338 e. The van der Waals surface area contributed by atoms with Gasteiger partial charge in [-0.25, -0.2) is 13.2 Å². The summed E-state index contributed by atoms with van der Waals surface area (Å²) in [6, 6.07) is 4.48. The van der Waals surface area contributed by atoms with E-state index in [2.05, 4.69) is 0 Å². The molecule has 0 bridgehead atoms. The molecule has 6 nitrogen and oxygen atoms in total. The quantitative estimate of drug-likeness (QED) is 0.823. The van der Waals surface area contributed by atoms with Crippen LogP contribution < -0.4 is 5.73 Å². The van der Waals surface area contributed by atoms with Gasteiger partial charge in [0.15, 0.2) is 0 Å². The van der Waals surface area contributed by atoms with E-state index >= 15 is 0 Å². The summed E-state index contributed by atoms with van der Waals surface area (Å²) in [7, 11) is -2.40. The fourth-order valence-corrected chi connectivity index (χ4v) is 4.83. The van der Waals surface area contributed by atoms with Gasteiger partial charge in [0.1, 0.15) is 0 Å². The van der Waals surface area contributed by atoms with Gasteiger partial charge in [-0.2, -0.15) is 4.31 Å².